The summed E-state index contributed by atoms with van der Waals surface area (Å²) < 4.78 is 3.21. The van der Waals surface area contributed by atoms with Crippen LogP contribution in [-0.2, 0) is 0 Å². The molecule has 0 saturated carbocycles. The van der Waals surface area contributed by atoms with Crippen LogP contribution in [0.15, 0.2) is 77.6 Å². The van der Waals surface area contributed by atoms with Gasteiger partial charge in [0, 0.05) is 21.5 Å². The molecule has 0 aliphatic carbocycles. The van der Waals surface area contributed by atoms with Gasteiger partial charge in [-0.05, 0) is 21.8 Å². The maximum Gasteiger partial charge on any atom is 0.263 e. The van der Waals surface area contributed by atoms with Gasteiger partial charge in [-0.2, -0.15) is 0 Å². The Bertz CT molecular complexity index is 1550. The van der Waals surface area contributed by atoms with Crippen LogP contribution in [0.25, 0.3) is 48.4 Å². The minimum absolute atomic E-state index is 0.0688. The second kappa shape index (κ2) is 5.21. The molecular weight excluding hydrogens is 349 g/mol. The predicted octanol–water partition coefficient (Wildman–Crippen LogP) is 4.18. The summed E-state index contributed by atoms with van der Waals surface area (Å²) in [6.45, 7) is 0. The lowest BCUT2D eigenvalue weighted by Gasteiger charge is -2.07. The Balaban J connectivity index is 1.98. The van der Waals surface area contributed by atoms with Gasteiger partial charge < -0.3 is 0 Å². The molecule has 0 amide bonds. The van der Waals surface area contributed by atoms with Crippen LogP contribution in [0.4, 0.5) is 0 Å². The fraction of sp³-hybridized carbons (Fsp3) is 0. The molecule has 0 aliphatic heterocycles. The van der Waals surface area contributed by atoms with Crippen molar-refractivity contribution >= 4 is 61.9 Å². The summed E-state index contributed by atoms with van der Waals surface area (Å²) >= 11 is 1.77. The van der Waals surface area contributed by atoms with E-state index in [9.17, 15) is 4.79 Å². The highest BCUT2D eigenvalue weighted by atomic mass is 32.1. The van der Waals surface area contributed by atoms with Crippen LogP contribution in [0.5, 0.6) is 0 Å². The second-order valence-electron chi connectivity index (χ2n) is 6.96. The molecule has 2 nitrogen and oxygen atoms in total. The quantitative estimate of drug-likeness (QED) is 0.317. The van der Waals surface area contributed by atoms with Crippen molar-refractivity contribution in [3.63, 3.8) is 0 Å². The van der Waals surface area contributed by atoms with Crippen molar-refractivity contribution in [2.45, 2.75) is 0 Å². The second-order valence-corrected chi connectivity index (χ2v) is 8.19. The van der Waals surface area contributed by atoms with Crippen LogP contribution in [0, 0.1) is 0 Å². The highest BCUT2D eigenvalue weighted by molar-refractivity contribution is 7.25. The van der Waals surface area contributed by atoms with Gasteiger partial charge in [-0.3, -0.25) is 9.20 Å². The average Bonchev–Trinajstić information content (AvgIpc) is 3.23. The molecule has 3 heterocycles. The first-order valence-electron chi connectivity index (χ1n) is 9.02. The Hall–Kier alpha value is -3.11. The van der Waals surface area contributed by atoms with E-state index in [4.69, 9.17) is 0 Å². The van der Waals surface area contributed by atoms with E-state index in [1.54, 1.807) is 11.3 Å². The molecule has 126 valence electrons. The van der Waals surface area contributed by atoms with Crippen molar-refractivity contribution in [1.29, 1.82) is 0 Å². The molecule has 27 heavy (non-hydrogen) atoms. The number of para-hydroxylation sites is 1. The van der Waals surface area contributed by atoms with Crippen LogP contribution < -0.4 is 10.3 Å². The van der Waals surface area contributed by atoms with Crippen molar-refractivity contribution in [3.05, 3.63) is 83.2 Å². The number of fused-ring (bicyclic) bond motifs is 5. The first kappa shape index (κ1) is 15.0. The van der Waals surface area contributed by atoms with E-state index in [0.29, 0.717) is 0 Å². The molecule has 0 fully saturated rings. The van der Waals surface area contributed by atoms with Gasteiger partial charge >= 0.3 is 0 Å². The molecule has 0 radical (unpaired) electrons. The number of nitrogens with zero attached hydrogens (tertiary/aromatic N) is 1. The smallest absolute Gasteiger partial charge is 0.263 e. The Labute approximate surface area is 160 Å². The lowest BCUT2D eigenvalue weighted by Crippen LogP contribution is -2.12. The van der Waals surface area contributed by atoms with Crippen molar-refractivity contribution in [2.75, 3.05) is 0 Å². The van der Waals surface area contributed by atoms with Crippen LogP contribution in [-0.4, -0.2) is 12.2 Å². The maximum absolute atomic E-state index is 13.5. The molecule has 0 N–H and O–H groups in total. The minimum atomic E-state index is 0.0688. The van der Waals surface area contributed by atoms with Gasteiger partial charge in [0.1, 0.15) is 0 Å². The molecule has 3 aromatic heterocycles. The highest BCUT2D eigenvalue weighted by Gasteiger charge is 2.22. The third kappa shape index (κ3) is 1.83. The van der Waals surface area contributed by atoms with Crippen LogP contribution in [0.2, 0.25) is 0 Å². The lowest BCUT2D eigenvalue weighted by atomic mass is 10.00. The van der Waals surface area contributed by atoms with E-state index >= 15 is 0 Å². The fourth-order valence-electron chi connectivity index (χ4n) is 4.39. The van der Waals surface area contributed by atoms with E-state index < -0.39 is 0 Å². The predicted molar refractivity (Wildman–Crippen MR) is 119 cm³/mol. The third-order valence-electron chi connectivity index (χ3n) is 5.50. The zero-order chi connectivity index (χ0) is 18.1. The van der Waals surface area contributed by atoms with E-state index in [2.05, 4.69) is 56.4 Å². The van der Waals surface area contributed by atoms with Crippen LogP contribution >= 0.6 is 11.3 Å². The standard InChI is InChI=1S/C23H14BNOS/c24-22-18-17-12-6-11-15-14-9-4-5-10-16(14)23(26)25(19(15)17)20(18)21(27-22)13-7-2-1-3-8-13/h1-12H,24H2. The first-order valence-corrected chi connectivity index (χ1v) is 9.83. The Morgan fingerprint density at radius 1 is 0.704 bits per heavy atom. The molecule has 4 heteroatoms. The summed E-state index contributed by atoms with van der Waals surface area (Å²) in [6.07, 6.45) is 0. The molecular formula is C23H14BNOS. The monoisotopic (exact) mass is 363 g/mol. The van der Waals surface area contributed by atoms with Crippen LogP contribution in [0.3, 0.4) is 0 Å². The molecule has 0 bridgehead atoms. The van der Waals surface area contributed by atoms with Gasteiger partial charge in [-0.25, -0.2) is 0 Å². The third-order valence-corrected chi connectivity index (χ3v) is 6.64. The number of rotatable bonds is 1. The van der Waals surface area contributed by atoms with Crippen molar-refractivity contribution < 1.29 is 0 Å². The van der Waals surface area contributed by atoms with Crippen LogP contribution in [0.1, 0.15) is 0 Å². The summed E-state index contributed by atoms with van der Waals surface area (Å²) in [6, 6.07) is 24.7. The molecule has 3 aromatic carbocycles. The zero-order valence-corrected chi connectivity index (χ0v) is 15.5. The number of hydrogen-bond acceptors (Lipinski definition) is 2. The Morgan fingerprint density at radius 2 is 1.37 bits per heavy atom. The van der Waals surface area contributed by atoms with Gasteiger partial charge in [-0.1, -0.05) is 66.7 Å². The average molecular weight is 363 g/mol. The summed E-state index contributed by atoms with van der Waals surface area (Å²) in [5.41, 5.74) is 3.32. The van der Waals surface area contributed by atoms with E-state index in [0.717, 1.165) is 37.6 Å². The van der Waals surface area contributed by atoms with Crippen molar-refractivity contribution in [3.8, 4) is 10.4 Å². The molecule has 0 spiro atoms. The number of thiophene rings is 1. The number of aromatic nitrogens is 1. The Kier molecular flexibility index (Phi) is 2.90. The van der Waals surface area contributed by atoms with Crippen molar-refractivity contribution in [2.24, 2.45) is 0 Å². The largest absolute Gasteiger partial charge is 0.274 e. The van der Waals surface area contributed by atoms with Crippen molar-refractivity contribution in [1.82, 2.24) is 4.40 Å². The molecule has 6 aromatic rings. The molecule has 6 rings (SSSR count). The SMILES string of the molecule is Bc1sc(-c2ccccc2)c2c1c1cccc3c4ccccc4c(=O)n2c31. The van der Waals surface area contributed by atoms with Gasteiger partial charge in [0.05, 0.1) is 15.9 Å². The Morgan fingerprint density at radius 3 is 2.19 bits per heavy atom. The molecule has 0 atom stereocenters. The summed E-state index contributed by atoms with van der Waals surface area (Å²) in [4.78, 5) is 14.7. The van der Waals surface area contributed by atoms with E-state index in [1.165, 1.54) is 15.5 Å². The van der Waals surface area contributed by atoms with E-state index in [1.807, 2.05) is 28.7 Å². The summed E-state index contributed by atoms with van der Waals surface area (Å²) in [5.74, 6) is 0. The van der Waals surface area contributed by atoms with Gasteiger partial charge in [0.2, 0.25) is 0 Å². The molecule has 0 aliphatic rings. The minimum Gasteiger partial charge on any atom is -0.274 e. The molecule has 0 saturated heterocycles. The summed E-state index contributed by atoms with van der Waals surface area (Å²) in [7, 11) is 2.16. The topological polar surface area (TPSA) is 21.5 Å². The summed E-state index contributed by atoms with van der Waals surface area (Å²) in [5, 5.41) is 5.32. The van der Waals surface area contributed by atoms with Gasteiger partial charge in [0.15, 0.2) is 7.85 Å². The molecule has 0 unspecified atom stereocenters. The zero-order valence-electron chi connectivity index (χ0n) is 14.7. The highest BCUT2D eigenvalue weighted by Crippen LogP contribution is 2.40. The number of hydrogen-bond donors (Lipinski definition) is 0. The number of benzene rings is 3. The normalized spacial score (nSPS) is 12.0. The first-order chi connectivity index (χ1) is 13.3. The fourth-order valence-corrected chi connectivity index (χ4v) is 5.55. The van der Waals surface area contributed by atoms with E-state index in [-0.39, 0.29) is 5.56 Å². The lowest BCUT2D eigenvalue weighted by molar-refractivity contribution is 1.21. The van der Waals surface area contributed by atoms with Gasteiger partial charge in [-0.15, -0.1) is 11.3 Å². The maximum atomic E-state index is 13.5. The number of pyridine rings is 1. The van der Waals surface area contributed by atoms with Gasteiger partial charge in [0.25, 0.3) is 5.56 Å².